The molecule has 0 spiro atoms. The van der Waals surface area contributed by atoms with Crippen molar-refractivity contribution in [2.24, 2.45) is 0 Å². The molecule has 1 aliphatic heterocycles. The zero-order valence-electron chi connectivity index (χ0n) is 11.3. The summed E-state index contributed by atoms with van der Waals surface area (Å²) in [6.07, 6.45) is 0.894. The number of hydrogen-bond acceptors (Lipinski definition) is 3. The number of carbonyl (C=O) groups is 1. The maximum Gasteiger partial charge on any atom is 0.150 e. The van der Waals surface area contributed by atoms with E-state index in [1.54, 1.807) is 0 Å². The van der Waals surface area contributed by atoms with Crippen LogP contribution in [0, 0.1) is 0 Å². The third kappa shape index (κ3) is 3.40. The fourth-order valence-electron chi connectivity index (χ4n) is 2.40. The highest BCUT2D eigenvalue weighted by molar-refractivity contribution is 5.74. The summed E-state index contributed by atoms with van der Waals surface area (Å²) in [5.74, 6) is 0. The Kier molecular flexibility index (Phi) is 4.50. The summed E-state index contributed by atoms with van der Waals surface area (Å²) in [5, 5.41) is 0. The van der Waals surface area contributed by atoms with E-state index in [2.05, 4.69) is 35.8 Å². The molecule has 1 aliphatic rings. The Morgan fingerprint density at radius 3 is 2.22 bits per heavy atom. The van der Waals surface area contributed by atoms with Crippen LogP contribution in [0.5, 0.6) is 0 Å². The van der Waals surface area contributed by atoms with E-state index in [1.165, 1.54) is 5.56 Å². The van der Waals surface area contributed by atoms with Crippen LogP contribution in [0.4, 0.5) is 0 Å². The van der Waals surface area contributed by atoms with Gasteiger partial charge >= 0.3 is 0 Å². The molecule has 1 aromatic rings. The van der Waals surface area contributed by atoms with Gasteiger partial charge in [-0.25, -0.2) is 0 Å². The molecule has 0 N–H and O–H groups in total. The summed E-state index contributed by atoms with van der Waals surface area (Å²) in [4.78, 5) is 15.6. The van der Waals surface area contributed by atoms with Gasteiger partial charge in [0, 0.05) is 44.3 Å². The van der Waals surface area contributed by atoms with E-state index in [9.17, 15) is 4.79 Å². The number of hydrogen-bond donors (Lipinski definition) is 0. The van der Waals surface area contributed by atoms with Gasteiger partial charge in [-0.2, -0.15) is 0 Å². The number of benzene rings is 1. The standard InChI is InChI=1S/C15H22N2O/c1-13(2)17-9-7-16(8-10-17)11-14-3-5-15(12-18)6-4-14/h3-6,12-13H,7-11H2,1-2H3. The molecule has 0 aromatic heterocycles. The van der Waals surface area contributed by atoms with E-state index < -0.39 is 0 Å². The summed E-state index contributed by atoms with van der Waals surface area (Å²) in [7, 11) is 0. The Morgan fingerprint density at radius 2 is 1.72 bits per heavy atom. The second-order valence-corrected chi connectivity index (χ2v) is 5.27. The van der Waals surface area contributed by atoms with E-state index >= 15 is 0 Å². The molecule has 0 unspecified atom stereocenters. The molecule has 0 aliphatic carbocycles. The molecule has 0 amide bonds. The van der Waals surface area contributed by atoms with Crippen LogP contribution in [0.1, 0.15) is 29.8 Å². The largest absolute Gasteiger partial charge is 0.298 e. The minimum absolute atomic E-state index is 0.652. The number of nitrogens with zero attached hydrogens (tertiary/aromatic N) is 2. The zero-order valence-corrected chi connectivity index (χ0v) is 11.3. The molecule has 0 radical (unpaired) electrons. The highest BCUT2D eigenvalue weighted by atomic mass is 16.1. The minimum atomic E-state index is 0.652. The Hall–Kier alpha value is -1.19. The minimum Gasteiger partial charge on any atom is -0.298 e. The van der Waals surface area contributed by atoms with Crippen molar-refractivity contribution in [1.29, 1.82) is 0 Å². The van der Waals surface area contributed by atoms with Crippen LogP contribution in [0.2, 0.25) is 0 Å². The van der Waals surface area contributed by atoms with Gasteiger partial charge in [-0.1, -0.05) is 24.3 Å². The molecule has 1 saturated heterocycles. The van der Waals surface area contributed by atoms with Crippen molar-refractivity contribution < 1.29 is 4.79 Å². The van der Waals surface area contributed by atoms with Crippen LogP contribution < -0.4 is 0 Å². The fraction of sp³-hybridized carbons (Fsp3) is 0.533. The highest BCUT2D eigenvalue weighted by Gasteiger charge is 2.18. The zero-order chi connectivity index (χ0) is 13.0. The van der Waals surface area contributed by atoms with Gasteiger partial charge in [0.2, 0.25) is 0 Å². The fourth-order valence-corrected chi connectivity index (χ4v) is 2.40. The van der Waals surface area contributed by atoms with E-state index in [1.807, 2.05) is 12.1 Å². The number of carbonyl (C=O) groups excluding carboxylic acids is 1. The molecular formula is C15H22N2O. The Balaban J connectivity index is 1.85. The highest BCUT2D eigenvalue weighted by Crippen LogP contribution is 2.11. The SMILES string of the molecule is CC(C)N1CCN(Cc2ccc(C=O)cc2)CC1. The predicted molar refractivity (Wildman–Crippen MR) is 73.8 cm³/mol. The average molecular weight is 246 g/mol. The smallest absolute Gasteiger partial charge is 0.150 e. The van der Waals surface area contributed by atoms with Gasteiger partial charge in [-0.15, -0.1) is 0 Å². The van der Waals surface area contributed by atoms with Crippen molar-refractivity contribution in [2.45, 2.75) is 26.4 Å². The monoisotopic (exact) mass is 246 g/mol. The molecular weight excluding hydrogens is 224 g/mol. The van der Waals surface area contributed by atoms with E-state index in [0.29, 0.717) is 6.04 Å². The summed E-state index contributed by atoms with van der Waals surface area (Å²) in [6, 6.07) is 8.55. The molecule has 1 heterocycles. The first-order chi connectivity index (χ1) is 8.69. The van der Waals surface area contributed by atoms with Crippen LogP contribution in [-0.4, -0.2) is 48.3 Å². The quantitative estimate of drug-likeness (QED) is 0.759. The van der Waals surface area contributed by atoms with E-state index in [-0.39, 0.29) is 0 Å². The van der Waals surface area contributed by atoms with Gasteiger partial charge in [0.25, 0.3) is 0 Å². The Morgan fingerprint density at radius 1 is 1.11 bits per heavy atom. The van der Waals surface area contributed by atoms with Crippen molar-refractivity contribution >= 4 is 6.29 Å². The lowest BCUT2D eigenvalue weighted by Crippen LogP contribution is -2.48. The van der Waals surface area contributed by atoms with Gasteiger partial charge in [0.05, 0.1) is 0 Å². The van der Waals surface area contributed by atoms with Gasteiger partial charge in [0.1, 0.15) is 6.29 Å². The van der Waals surface area contributed by atoms with Crippen molar-refractivity contribution in [3.8, 4) is 0 Å². The number of aldehydes is 1. The first-order valence-electron chi connectivity index (χ1n) is 6.69. The maximum absolute atomic E-state index is 10.6. The van der Waals surface area contributed by atoms with Gasteiger partial charge in [-0.3, -0.25) is 14.6 Å². The molecule has 3 heteroatoms. The molecule has 0 bridgehead atoms. The lowest BCUT2D eigenvalue weighted by Gasteiger charge is -2.36. The third-order valence-electron chi connectivity index (χ3n) is 3.66. The summed E-state index contributed by atoms with van der Waals surface area (Å²) >= 11 is 0. The second-order valence-electron chi connectivity index (χ2n) is 5.27. The lowest BCUT2D eigenvalue weighted by molar-refractivity contribution is 0.104. The summed E-state index contributed by atoms with van der Waals surface area (Å²) in [6.45, 7) is 10.1. The van der Waals surface area contributed by atoms with Crippen molar-refractivity contribution in [3.63, 3.8) is 0 Å². The van der Waals surface area contributed by atoms with Gasteiger partial charge in [0.15, 0.2) is 0 Å². The van der Waals surface area contributed by atoms with Crippen LogP contribution in [0.15, 0.2) is 24.3 Å². The molecule has 18 heavy (non-hydrogen) atoms. The number of rotatable bonds is 4. The van der Waals surface area contributed by atoms with Crippen molar-refractivity contribution in [1.82, 2.24) is 9.80 Å². The lowest BCUT2D eigenvalue weighted by atomic mass is 10.1. The number of piperazine rings is 1. The van der Waals surface area contributed by atoms with Gasteiger partial charge < -0.3 is 0 Å². The van der Waals surface area contributed by atoms with E-state index in [0.717, 1.165) is 44.6 Å². The molecule has 1 fully saturated rings. The molecule has 3 nitrogen and oxygen atoms in total. The molecule has 0 saturated carbocycles. The van der Waals surface area contributed by atoms with Crippen LogP contribution in [0.25, 0.3) is 0 Å². The predicted octanol–water partition coefficient (Wildman–Crippen LogP) is 2.03. The topological polar surface area (TPSA) is 23.6 Å². The first-order valence-corrected chi connectivity index (χ1v) is 6.69. The first kappa shape index (κ1) is 13.2. The summed E-state index contributed by atoms with van der Waals surface area (Å²) in [5.41, 5.74) is 2.04. The van der Waals surface area contributed by atoms with E-state index in [4.69, 9.17) is 0 Å². The molecule has 98 valence electrons. The molecule has 1 aromatic carbocycles. The Bertz CT molecular complexity index is 378. The summed E-state index contributed by atoms with van der Waals surface area (Å²) < 4.78 is 0. The van der Waals surface area contributed by atoms with Crippen molar-refractivity contribution in [2.75, 3.05) is 26.2 Å². The Labute approximate surface area is 109 Å². The van der Waals surface area contributed by atoms with Crippen LogP contribution in [0.3, 0.4) is 0 Å². The van der Waals surface area contributed by atoms with Crippen molar-refractivity contribution in [3.05, 3.63) is 35.4 Å². The van der Waals surface area contributed by atoms with Crippen LogP contribution >= 0.6 is 0 Å². The average Bonchev–Trinajstić information content (AvgIpc) is 2.40. The molecule has 2 rings (SSSR count). The van der Waals surface area contributed by atoms with Crippen LogP contribution in [-0.2, 0) is 6.54 Å². The normalized spacial score (nSPS) is 18.2. The molecule has 0 atom stereocenters. The van der Waals surface area contributed by atoms with Gasteiger partial charge in [-0.05, 0) is 19.4 Å². The third-order valence-corrected chi connectivity index (χ3v) is 3.66. The second kappa shape index (κ2) is 6.12. The maximum atomic E-state index is 10.6.